The van der Waals surface area contributed by atoms with Crippen LogP contribution >= 0.6 is 24.4 Å². The highest BCUT2D eigenvalue weighted by molar-refractivity contribution is 7.92. The Bertz CT molecular complexity index is 584. The third-order valence-electron chi connectivity index (χ3n) is 3.85. The standard InChI is InChI=1S/C15H27N3O3S3/c1-5-18(6-2)15(23)17(4)11-24(20,21)10-13(19)9-16(3)14(22)12-7-8-12/h12H,5-11H2,1-4H3. The van der Waals surface area contributed by atoms with Gasteiger partial charge in [-0.1, -0.05) is 12.2 Å². The molecule has 9 heteroatoms. The summed E-state index contributed by atoms with van der Waals surface area (Å²) in [5.74, 6) is -0.713. The molecule has 0 aliphatic heterocycles. The van der Waals surface area contributed by atoms with Crippen molar-refractivity contribution in [2.45, 2.75) is 26.7 Å². The highest BCUT2D eigenvalue weighted by Crippen LogP contribution is 2.31. The van der Waals surface area contributed by atoms with E-state index in [1.807, 2.05) is 18.7 Å². The van der Waals surface area contributed by atoms with Crippen molar-refractivity contribution in [1.82, 2.24) is 14.7 Å². The summed E-state index contributed by atoms with van der Waals surface area (Å²) in [6, 6.07) is 0. The summed E-state index contributed by atoms with van der Waals surface area (Å²) in [6.45, 7) is 5.38. The van der Waals surface area contributed by atoms with Crippen LogP contribution in [0.1, 0.15) is 26.7 Å². The Morgan fingerprint density at radius 2 is 1.62 bits per heavy atom. The molecule has 6 nitrogen and oxygen atoms in total. The molecule has 0 amide bonds. The van der Waals surface area contributed by atoms with E-state index >= 15 is 0 Å². The van der Waals surface area contributed by atoms with Gasteiger partial charge in [0.15, 0.2) is 20.7 Å². The van der Waals surface area contributed by atoms with E-state index in [9.17, 15) is 13.2 Å². The minimum Gasteiger partial charge on any atom is -0.362 e. The van der Waals surface area contributed by atoms with E-state index < -0.39 is 15.6 Å². The smallest absolute Gasteiger partial charge is 0.175 e. The quantitative estimate of drug-likeness (QED) is 0.541. The van der Waals surface area contributed by atoms with Gasteiger partial charge in [-0.05, 0) is 38.9 Å². The second-order valence-corrected chi connectivity index (χ2v) is 8.99. The van der Waals surface area contributed by atoms with Crippen molar-refractivity contribution < 1.29 is 13.2 Å². The number of hydrogen-bond acceptors (Lipinski definition) is 5. The fourth-order valence-corrected chi connectivity index (χ4v) is 4.50. The summed E-state index contributed by atoms with van der Waals surface area (Å²) in [7, 11) is -0.180. The predicted octanol–water partition coefficient (Wildman–Crippen LogP) is 1.16. The van der Waals surface area contributed by atoms with Gasteiger partial charge >= 0.3 is 0 Å². The summed E-state index contributed by atoms with van der Waals surface area (Å²) in [4.78, 5) is 17.9. The molecule has 0 unspecified atom stereocenters. The molecule has 0 spiro atoms. The summed E-state index contributed by atoms with van der Waals surface area (Å²) in [5.41, 5.74) is 0. The van der Waals surface area contributed by atoms with Gasteiger partial charge in [-0.25, -0.2) is 8.42 Å². The molecule has 0 atom stereocenters. The van der Waals surface area contributed by atoms with E-state index in [0.29, 0.717) is 24.1 Å². The summed E-state index contributed by atoms with van der Waals surface area (Å²) < 4.78 is 24.5. The van der Waals surface area contributed by atoms with Crippen molar-refractivity contribution in [3.63, 3.8) is 0 Å². The number of thiocarbonyl (C=S) groups is 2. The van der Waals surface area contributed by atoms with Gasteiger partial charge in [-0.3, -0.25) is 4.79 Å². The number of sulfone groups is 1. The molecule has 138 valence electrons. The number of hydrogen-bond donors (Lipinski definition) is 0. The largest absolute Gasteiger partial charge is 0.362 e. The van der Waals surface area contributed by atoms with Gasteiger partial charge in [-0.2, -0.15) is 0 Å². The first kappa shape index (κ1) is 21.2. The molecule has 0 radical (unpaired) electrons. The molecule has 0 heterocycles. The third-order valence-corrected chi connectivity index (χ3v) is 6.61. The molecule has 1 rings (SSSR count). The van der Waals surface area contributed by atoms with Gasteiger partial charge in [0.2, 0.25) is 0 Å². The van der Waals surface area contributed by atoms with Gasteiger partial charge in [-0.15, -0.1) is 0 Å². The van der Waals surface area contributed by atoms with Crippen LogP contribution in [0.3, 0.4) is 0 Å². The topological polar surface area (TPSA) is 60.9 Å². The number of carbonyl (C=O) groups is 1. The third kappa shape index (κ3) is 6.60. The van der Waals surface area contributed by atoms with Crippen LogP contribution in [-0.2, 0) is 14.6 Å². The summed E-state index contributed by atoms with van der Waals surface area (Å²) in [6.07, 6.45) is 2.12. The summed E-state index contributed by atoms with van der Waals surface area (Å²) in [5, 5.41) is 0.475. The Labute approximate surface area is 156 Å². The zero-order chi connectivity index (χ0) is 18.5. The van der Waals surface area contributed by atoms with Crippen LogP contribution in [0.15, 0.2) is 0 Å². The van der Waals surface area contributed by atoms with Crippen molar-refractivity contribution in [3.05, 3.63) is 0 Å². The lowest BCUT2D eigenvalue weighted by Gasteiger charge is -2.29. The number of rotatable bonds is 9. The van der Waals surface area contributed by atoms with Crippen molar-refractivity contribution in [2.75, 3.05) is 45.4 Å². The van der Waals surface area contributed by atoms with E-state index in [0.717, 1.165) is 17.8 Å². The monoisotopic (exact) mass is 393 g/mol. The van der Waals surface area contributed by atoms with Crippen molar-refractivity contribution in [3.8, 4) is 0 Å². The van der Waals surface area contributed by atoms with Gasteiger partial charge in [0, 0.05) is 33.1 Å². The fraction of sp³-hybridized carbons (Fsp3) is 0.800. The first-order valence-corrected chi connectivity index (χ1v) is 10.7. The Balaban J connectivity index is 2.53. The normalized spacial score (nSPS) is 14.2. The fourth-order valence-electron chi connectivity index (χ4n) is 2.41. The van der Waals surface area contributed by atoms with Crippen LogP contribution in [0.2, 0.25) is 0 Å². The minimum absolute atomic E-state index is 0.0404. The average molecular weight is 394 g/mol. The second kappa shape index (κ2) is 9.05. The maximum atomic E-state index is 12.3. The average Bonchev–Trinajstić information content (AvgIpc) is 3.30. The molecule has 0 saturated heterocycles. The van der Waals surface area contributed by atoms with Crippen LogP contribution in [0.5, 0.6) is 0 Å². The number of nitrogens with zero attached hydrogens (tertiary/aromatic N) is 3. The predicted molar refractivity (Wildman–Crippen MR) is 105 cm³/mol. The van der Waals surface area contributed by atoms with Gasteiger partial charge < -0.3 is 14.7 Å². The lowest BCUT2D eigenvalue weighted by Crippen LogP contribution is -2.44. The van der Waals surface area contributed by atoms with Crippen LogP contribution in [0.4, 0.5) is 0 Å². The number of ketones is 1. The molecule has 1 aliphatic carbocycles. The molecule has 0 N–H and O–H groups in total. The van der Waals surface area contributed by atoms with Crippen LogP contribution in [0.25, 0.3) is 0 Å². The zero-order valence-corrected chi connectivity index (χ0v) is 17.3. The van der Waals surface area contributed by atoms with E-state index in [1.165, 1.54) is 4.90 Å². The van der Waals surface area contributed by atoms with E-state index in [2.05, 4.69) is 0 Å². The van der Waals surface area contributed by atoms with Crippen LogP contribution < -0.4 is 0 Å². The number of carbonyl (C=O) groups excluding carboxylic acids is 1. The highest BCUT2D eigenvalue weighted by atomic mass is 32.2. The molecule has 1 aliphatic rings. The number of likely N-dealkylation sites (N-methyl/N-ethyl adjacent to an activating group) is 1. The number of Topliss-reactive ketones (excluding diaryl/α,β-unsaturated/α-hetero) is 1. The molecular formula is C15H27N3O3S3. The second-order valence-electron chi connectivity index (χ2n) is 6.18. The van der Waals surface area contributed by atoms with E-state index in [4.69, 9.17) is 24.4 Å². The zero-order valence-electron chi connectivity index (χ0n) is 14.8. The maximum absolute atomic E-state index is 12.3. The first-order valence-electron chi connectivity index (χ1n) is 8.08. The molecule has 1 saturated carbocycles. The summed E-state index contributed by atoms with van der Waals surface area (Å²) >= 11 is 10.6. The van der Waals surface area contributed by atoms with Gasteiger partial charge in [0.05, 0.1) is 11.5 Å². The Morgan fingerprint density at radius 3 is 2.08 bits per heavy atom. The highest BCUT2D eigenvalue weighted by Gasteiger charge is 2.30. The molecule has 0 bridgehead atoms. The Morgan fingerprint density at radius 1 is 1.08 bits per heavy atom. The lowest BCUT2D eigenvalue weighted by atomic mass is 10.3. The van der Waals surface area contributed by atoms with Crippen molar-refractivity contribution in [2.24, 2.45) is 5.92 Å². The van der Waals surface area contributed by atoms with Crippen molar-refractivity contribution >= 4 is 50.2 Å². The molecule has 0 aromatic heterocycles. The Hall–Kier alpha value is -0.800. The van der Waals surface area contributed by atoms with Crippen molar-refractivity contribution in [1.29, 1.82) is 0 Å². The SMILES string of the molecule is CCN(CC)C(=S)N(C)CS(=O)(=O)CC(=O)CN(C)C(=S)C1CC1. The minimum atomic E-state index is -3.56. The van der Waals surface area contributed by atoms with E-state index in [1.54, 1.807) is 19.0 Å². The van der Waals surface area contributed by atoms with E-state index in [-0.39, 0.29) is 18.2 Å². The molecular weight excluding hydrogens is 366 g/mol. The van der Waals surface area contributed by atoms with Crippen LogP contribution in [-0.4, -0.2) is 84.4 Å². The molecule has 1 fully saturated rings. The first-order chi connectivity index (χ1) is 11.1. The lowest BCUT2D eigenvalue weighted by molar-refractivity contribution is -0.116. The maximum Gasteiger partial charge on any atom is 0.175 e. The van der Waals surface area contributed by atoms with Gasteiger partial charge in [0.1, 0.15) is 11.6 Å². The van der Waals surface area contributed by atoms with Crippen LogP contribution in [0, 0.1) is 5.92 Å². The Kier molecular flexibility index (Phi) is 8.01. The molecule has 0 aromatic rings. The molecule has 24 heavy (non-hydrogen) atoms. The van der Waals surface area contributed by atoms with Gasteiger partial charge in [0.25, 0.3) is 0 Å². The molecule has 0 aromatic carbocycles.